The van der Waals surface area contributed by atoms with Crippen molar-refractivity contribution in [1.82, 2.24) is 26.0 Å². The molecule has 1 aromatic rings. The lowest BCUT2D eigenvalue weighted by molar-refractivity contribution is -0.121. The van der Waals surface area contributed by atoms with Gasteiger partial charge in [0.25, 0.3) is 10.7 Å². The van der Waals surface area contributed by atoms with Crippen LogP contribution in [0.5, 0.6) is 0 Å². The highest BCUT2D eigenvalue weighted by molar-refractivity contribution is 7.80. The van der Waals surface area contributed by atoms with Crippen molar-refractivity contribution >= 4 is 47.7 Å². The van der Waals surface area contributed by atoms with Crippen LogP contribution in [0.15, 0.2) is 10.9 Å². The number of ether oxygens (including phenoxy) is 1. The van der Waals surface area contributed by atoms with E-state index < -0.39 is 11.6 Å². The summed E-state index contributed by atoms with van der Waals surface area (Å²) in [5.41, 5.74) is 2.36. The fourth-order valence-corrected chi connectivity index (χ4v) is 2.08. The highest BCUT2D eigenvalue weighted by Gasteiger charge is 2.04. The number of carbonyl (C=O) groups is 2. The summed E-state index contributed by atoms with van der Waals surface area (Å²) in [5.74, 6) is 5.06. The molecule has 0 atom stereocenters. The van der Waals surface area contributed by atoms with Crippen LogP contribution in [0.3, 0.4) is 0 Å². The van der Waals surface area contributed by atoms with Gasteiger partial charge in [-0.3, -0.25) is 20.3 Å². The summed E-state index contributed by atoms with van der Waals surface area (Å²) in [5, 5.41) is 7.97. The van der Waals surface area contributed by atoms with Crippen molar-refractivity contribution in [2.45, 2.75) is 32.6 Å². The van der Waals surface area contributed by atoms with E-state index in [4.69, 9.17) is 22.8 Å². The second-order valence-electron chi connectivity index (χ2n) is 5.57. The number of nitrogens with two attached hydrogens (primary N) is 1. The van der Waals surface area contributed by atoms with E-state index in [2.05, 4.69) is 31.3 Å². The Kier molecular flexibility index (Phi) is 13.3. The van der Waals surface area contributed by atoms with E-state index in [-0.39, 0.29) is 29.4 Å². The molecule has 158 valence electrons. The Bertz CT molecular complexity index is 701. The van der Waals surface area contributed by atoms with Crippen LogP contribution in [0.1, 0.15) is 31.4 Å². The summed E-state index contributed by atoms with van der Waals surface area (Å²) in [6.45, 7) is 2.95. The highest BCUT2D eigenvalue weighted by Crippen LogP contribution is 1.96. The standard InChI is InChI=1S/C15H25N7O4S.ClH/c1-10-9-12(24)20-13(19-10)21-14(25)18-7-3-2-6-17-11(23)5-4-8-26-15(27)22-16;/h9H,2-8,16H2,1H3,(H,17,23)(H,22,27)(H3,18,19,20,21,24,25);1H. The molecule has 11 nitrogen and oxygen atoms in total. The summed E-state index contributed by atoms with van der Waals surface area (Å²) in [6.07, 6.45) is 2.26. The number of anilines is 1. The number of nitrogens with one attached hydrogen (secondary N) is 5. The summed E-state index contributed by atoms with van der Waals surface area (Å²) < 4.78 is 5.02. The number of unbranched alkanes of at least 4 members (excludes halogenated alkanes) is 1. The first-order valence-corrected chi connectivity index (χ1v) is 8.84. The minimum absolute atomic E-state index is 0. The number of aryl methyl sites for hydroxylation is 1. The molecular formula is C15H26ClN7O4S. The lowest BCUT2D eigenvalue weighted by Crippen LogP contribution is -2.32. The summed E-state index contributed by atoms with van der Waals surface area (Å²) in [6, 6.07) is 0.869. The second kappa shape index (κ2) is 14.6. The SMILES string of the molecule is Cc1cc(=O)nc(NC(=O)NCCCCNC(=O)CCCOC(=S)NN)[nH]1.Cl. The number of aromatic amines is 1. The number of amides is 3. The molecule has 0 aliphatic heterocycles. The number of H-pyrrole nitrogens is 1. The summed E-state index contributed by atoms with van der Waals surface area (Å²) in [7, 11) is 0. The van der Waals surface area contributed by atoms with Crippen LogP contribution in [0.25, 0.3) is 0 Å². The van der Waals surface area contributed by atoms with E-state index in [1.54, 1.807) is 6.92 Å². The maximum Gasteiger partial charge on any atom is 0.321 e. The largest absolute Gasteiger partial charge is 0.470 e. The quantitative estimate of drug-likeness (QED) is 0.130. The Balaban J connectivity index is 0.00000729. The first kappa shape index (κ1) is 25.6. The van der Waals surface area contributed by atoms with Gasteiger partial charge in [-0.25, -0.2) is 10.6 Å². The Morgan fingerprint density at radius 2 is 1.93 bits per heavy atom. The van der Waals surface area contributed by atoms with Gasteiger partial charge in [0, 0.05) is 31.3 Å². The fraction of sp³-hybridized carbons (Fsp3) is 0.533. The molecule has 0 radical (unpaired) electrons. The van der Waals surface area contributed by atoms with Crippen molar-refractivity contribution in [3.8, 4) is 0 Å². The van der Waals surface area contributed by atoms with Crippen LogP contribution in [0.4, 0.5) is 10.7 Å². The number of halogens is 1. The number of thiocarbonyl (C=S) groups is 1. The molecule has 1 heterocycles. The van der Waals surface area contributed by atoms with Gasteiger partial charge in [-0.05, 0) is 38.4 Å². The van der Waals surface area contributed by atoms with Crippen LogP contribution in [-0.4, -0.2) is 46.8 Å². The van der Waals surface area contributed by atoms with Crippen molar-refractivity contribution in [1.29, 1.82) is 0 Å². The van der Waals surface area contributed by atoms with Gasteiger partial charge in [-0.15, -0.1) is 12.4 Å². The molecule has 7 N–H and O–H groups in total. The zero-order valence-electron chi connectivity index (χ0n) is 15.5. The summed E-state index contributed by atoms with van der Waals surface area (Å²) in [4.78, 5) is 41.0. The van der Waals surface area contributed by atoms with Crippen LogP contribution in [0, 0.1) is 6.92 Å². The maximum atomic E-state index is 11.7. The van der Waals surface area contributed by atoms with Gasteiger partial charge in [0.15, 0.2) is 0 Å². The van der Waals surface area contributed by atoms with Crippen LogP contribution >= 0.6 is 24.6 Å². The van der Waals surface area contributed by atoms with E-state index >= 15 is 0 Å². The van der Waals surface area contributed by atoms with Gasteiger partial charge in [0.05, 0.1) is 6.61 Å². The third kappa shape index (κ3) is 12.0. The molecule has 0 aliphatic carbocycles. The van der Waals surface area contributed by atoms with Crippen molar-refractivity contribution in [3.63, 3.8) is 0 Å². The summed E-state index contributed by atoms with van der Waals surface area (Å²) >= 11 is 4.70. The number of hydrazine groups is 1. The predicted molar refractivity (Wildman–Crippen MR) is 111 cm³/mol. The first-order valence-electron chi connectivity index (χ1n) is 8.43. The van der Waals surface area contributed by atoms with Gasteiger partial charge in [-0.1, -0.05) is 0 Å². The lowest BCUT2D eigenvalue weighted by Gasteiger charge is -2.08. The first-order chi connectivity index (χ1) is 12.9. The number of aromatic nitrogens is 2. The average molecular weight is 436 g/mol. The van der Waals surface area contributed by atoms with E-state index in [0.29, 0.717) is 51.1 Å². The van der Waals surface area contributed by atoms with Crippen LogP contribution < -0.4 is 32.8 Å². The molecule has 0 spiro atoms. The van der Waals surface area contributed by atoms with E-state index in [9.17, 15) is 14.4 Å². The molecule has 1 rings (SSSR count). The van der Waals surface area contributed by atoms with Gasteiger partial charge >= 0.3 is 6.03 Å². The Morgan fingerprint density at radius 3 is 2.57 bits per heavy atom. The van der Waals surface area contributed by atoms with E-state index in [1.165, 1.54) is 6.07 Å². The average Bonchev–Trinajstić information content (AvgIpc) is 2.60. The third-order valence-corrected chi connectivity index (χ3v) is 3.46. The topological polar surface area (TPSA) is 163 Å². The van der Waals surface area contributed by atoms with E-state index in [0.717, 1.165) is 0 Å². The molecule has 1 aromatic heterocycles. The number of hydrogen-bond acceptors (Lipinski definition) is 7. The van der Waals surface area contributed by atoms with Gasteiger partial charge < -0.3 is 20.4 Å². The van der Waals surface area contributed by atoms with Crippen molar-refractivity contribution in [2.75, 3.05) is 25.0 Å². The van der Waals surface area contributed by atoms with Gasteiger partial charge in [0.2, 0.25) is 11.9 Å². The Morgan fingerprint density at radius 1 is 1.25 bits per heavy atom. The molecule has 0 unspecified atom stereocenters. The minimum atomic E-state index is -0.460. The molecule has 0 bridgehead atoms. The van der Waals surface area contributed by atoms with Crippen LogP contribution in [-0.2, 0) is 9.53 Å². The third-order valence-electron chi connectivity index (χ3n) is 3.22. The van der Waals surface area contributed by atoms with Crippen molar-refractivity contribution in [3.05, 3.63) is 22.1 Å². The zero-order valence-corrected chi connectivity index (χ0v) is 17.1. The predicted octanol–water partition coefficient (Wildman–Crippen LogP) is 0.0630. The second-order valence-corrected chi connectivity index (χ2v) is 5.94. The number of carbonyl (C=O) groups excluding carboxylic acids is 2. The molecule has 3 amide bonds. The lowest BCUT2D eigenvalue weighted by atomic mass is 10.3. The molecule has 28 heavy (non-hydrogen) atoms. The van der Waals surface area contributed by atoms with E-state index in [1.807, 2.05) is 0 Å². The Labute approximate surface area is 174 Å². The zero-order chi connectivity index (χ0) is 20.1. The molecule has 0 aromatic carbocycles. The van der Waals surface area contributed by atoms with Gasteiger partial charge in [-0.2, -0.15) is 4.98 Å². The normalized spacial score (nSPS) is 9.64. The number of rotatable bonds is 10. The smallest absolute Gasteiger partial charge is 0.321 e. The molecule has 0 fully saturated rings. The monoisotopic (exact) mass is 435 g/mol. The number of nitrogens with zero attached hydrogens (tertiary/aromatic N) is 1. The molecule has 13 heteroatoms. The molecular weight excluding hydrogens is 410 g/mol. The molecule has 0 saturated heterocycles. The maximum absolute atomic E-state index is 11.7. The molecule has 0 aliphatic rings. The number of urea groups is 1. The van der Waals surface area contributed by atoms with Crippen LogP contribution in [0.2, 0.25) is 0 Å². The Hall–Kier alpha value is -2.44. The fourth-order valence-electron chi connectivity index (χ4n) is 2.00. The number of hydrogen-bond donors (Lipinski definition) is 6. The van der Waals surface area contributed by atoms with Crippen molar-refractivity contribution in [2.24, 2.45) is 5.84 Å². The highest BCUT2D eigenvalue weighted by atomic mass is 35.5. The van der Waals surface area contributed by atoms with Gasteiger partial charge in [0.1, 0.15) is 0 Å². The van der Waals surface area contributed by atoms with Crippen molar-refractivity contribution < 1.29 is 14.3 Å². The minimum Gasteiger partial charge on any atom is -0.470 e. The molecule has 0 saturated carbocycles.